The Kier molecular flexibility index (Phi) is 14.4. The molecule has 0 N–H and O–H groups in total. The lowest BCUT2D eigenvalue weighted by Gasteiger charge is -2.44. The minimum atomic E-state index is -0.142. The topological polar surface area (TPSA) is 11.4 Å². The van der Waals surface area contributed by atoms with Crippen LogP contribution in [0.15, 0.2) is 232 Å². The third-order valence-electron chi connectivity index (χ3n) is 21.4. The fraction of sp³-hybridized carbons (Fsp3) is 0.267. The molecule has 3 nitrogen and oxygen atoms in total. The van der Waals surface area contributed by atoms with Crippen molar-refractivity contribution >= 4 is 126 Å². The molecule has 0 amide bonds. The van der Waals surface area contributed by atoms with Crippen molar-refractivity contribution in [1.82, 2.24) is 4.57 Å². The Labute approximate surface area is 586 Å². The van der Waals surface area contributed by atoms with Crippen LogP contribution in [-0.4, -0.2) is 18.0 Å². The van der Waals surface area contributed by atoms with E-state index in [-0.39, 0.29) is 45.9 Å². The molecule has 0 spiro atoms. The molecular weight excluding hydrogens is 1210 g/mol. The summed E-state index contributed by atoms with van der Waals surface area (Å²) in [6.45, 7) is 42.3. The smallest absolute Gasteiger partial charge is 0.249 e. The van der Waals surface area contributed by atoms with E-state index < -0.39 is 0 Å². The Bertz CT molecular complexity index is 5100. The SMILES string of the molecule is CC(C)(C)c1ccc(N2c3cc(C(C)(C)C)ccc3B3c4cc5c(cc4Sc4cc(-n6c7ccc(C(C)(C)C)cc7c7cc(C(C)(C)C)ccc76)cc2c43)Sc2cc(C(C)(C)C)cc3c2B5c2ccc(C(C)(C)C)cc2N3c2c(-c3ccccc3)cccc2-c2ccccc2)cc1. The highest BCUT2D eigenvalue weighted by Gasteiger charge is 2.47. The van der Waals surface area contributed by atoms with Gasteiger partial charge in [-0.25, -0.2) is 0 Å². The molecule has 11 aromatic carbocycles. The number of hydrogen-bond donors (Lipinski definition) is 0. The van der Waals surface area contributed by atoms with E-state index in [1.807, 2.05) is 23.5 Å². The first-order valence-corrected chi connectivity index (χ1v) is 36.7. The van der Waals surface area contributed by atoms with Gasteiger partial charge in [0.25, 0.3) is 0 Å². The number of benzene rings is 11. The van der Waals surface area contributed by atoms with Crippen LogP contribution in [0.1, 0.15) is 158 Å². The maximum absolute atomic E-state index is 2.71. The van der Waals surface area contributed by atoms with Crippen molar-refractivity contribution in [3.05, 3.63) is 246 Å². The number of anilines is 6. The van der Waals surface area contributed by atoms with Gasteiger partial charge in [-0.2, -0.15) is 0 Å². The number of aromatic nitrogens is 1. The van der Waals surface area contributed by atoms with Crippen molar-refractivity contribution in [2.24, 2.45) is 0 Å². The average Bonchev–Trinajstić information content (AvgIpc) is 1.07. The summed E-state index contributed by atoms with van der Waals surface area (Å²) in [7, 11) is 0. The van der Waals surface area contributed by atoms with Gasteiger partial charge in [-0.3, -0.25) is 0 Å². The van der Waals surface area contributed by atoms with Gasteiger partial charge >= 0.3 is 0 Å². The molecule has 0 aliphatic carbocycles. The number of hydrogen-bond acceptors (Lipinski definition) is 4. The zero-order valence-corrected chi connectivity index (χ0v) is 61.7. The Hall–Kier alpha value is -8.35. The highest BCUT2D eigenvalue weighted by Crippen LogP contribution is 2.53. The third-order valence-corrected chi connectivity index (χ3v) is 23.7. The zero-order valence-electron chi connectivity index (χ0n) is 60.0. The molecule has 1 aromatic heterocycles. The average molecular weight is 1300 g/mol. The van der Waals surface area contributed by atoms with E-state index in [0.717, 1.165) is 0 Å². The van der Waals surface area contributed by atoms with Crippen LogP contribution >= 0.6 is 23.5 Å². The summed E-state index contributed by atoms with van der Waals surface area (Å²) in [6.07, 6.45) is 0. The molecule has 7 heteroatoms. The summed E-state index contributed by atoms with van der Waals surface area (Å²) in [5, 5.41) is 2.60. The van der Waals surface area contributed by atoms with Gasteiger partial charge in [0.05, 0.1) is 16.7 Å². The molecule has 12 aromatic rings. The molecule has 482 valence electrons. The second-order valence-electron chi connectivity index (χ2n) is 34.3. The number of nitrogens with zero attached hydrogens (tertiary/aromatic N) is 3. The van der Waals surface area contributed by atoms with Crippen molar-refractivity contribution in [3.8, 4) is 27.9 Å². The Morgan fingerprint density at radius 2 is 0.680 bits per heavy atom. The first-order chi connectivity index (χ1) is 45.9. The van der Waals surface area contributed by atoms with Gasteiger partial charge in [-0.05, 0) is 178 Å². The summed E-state index contributed by atoms with van der Waals surface area (Å²) in [5.74, 6) is 0. The van der Waals surface area contributed by atoms with Crippen molar-refractivity contribution < 1.29 is 0 Å². The van der Waals surface area contributed by atoms with Crippen molar-refractivity contribution in [3.63, 3.8) is 0 Å². The lowest BCUT2D eigenvalue weighted by atomic mass is 9.31. The largest absolute Gasteiger partial charge is 0.311 e. The fourth-order valence-corrected chi connectivity index (χ4v) is 18.3. The standard InChI is InChI=1S/C90H89B2N3S2/c1-85(2,3)56-32-38-62(39-33-56)93-74-46-59(88(10,11)12)34-40-68(74)91-71-52-70-78(53-79(71)97-81-51-63(50-77(93)83(81)91)94-72-42-36-57(86(4,5)6)44-66(72)67-45-58(87(7,8)9)37-43-73(67)94)96-80-49-61(90(16,17)18)48-76-82(80)92(70)69-41-35-60(89(13,14)15)47-75(69)95(76)84-64(54-26-21-19-22-27-54)30-25-31-65(84)55-28-23-20-24-29-55/h19-53H,1-18H3. The van der Waals surface area contributed by atoms with E-state index in [2.05, 4.69) is 351 Å². The lowest BCUT2D eigenvalue weighted by molar-refractivity contribution is 0.589. The van der Waals surface area contributed by atoms with E-state index >= 15 is 0 Å². The third kappa shape index (κ3) is 10.5. The van der Waals surface area contributed by atoms with Crippen LogP contribution in [0, 0.1) is 0 Å². The highest BCUT2D eigenvalue weighted by molar-refractivity contribution is 8.01. The summed E-state index contributed by atoms with van der Waals surface area (Å²) < 4.78 is 2.59. The van der Waals surface area contributed by atoms with E-state index in [4.69, 9.17) is 0 Å². The summed E-state index contributed by atoms with van der Waals surface area (Å²) >= 11 is 3.97. The predicted molar refractivity (Wildman–Crippen MR) is 424 cm³/mol. The van der Waals surface area contributed by atoms with Crippen LogP contribution in [0.25, 0.3) is 49.7 Å². The summed E-state index contributed by atoms with van der Waals surface area (Å²) in [4.78, 5) is 10.6. The molecule has 0 radical (unpaired) electrons. The van der Waals surface area contributed by atoms with E-state index in [1.165, 1.54) is 170 Å². The summed E-state index contributed by atoms with van der Waals surface area (Å²) in [6, 6.07) is 83.8. The second kappa shape index (κ2) is 22.1. The van der Waals surface area contributed by atoms with E-state index in [9.17, 15) is 0 Å². The Morgan fingerprint density at radius 3 is 1.14 bits per heavy atom. The van der Waals surface area contributed by atoms with Crippen LogP contribution in [0.5, 0.6) is 0 Å². The summed E-state index contributed by atoms with van der Waals surface area (Å²) in [5.41, 5.74) is 31.6. The molecule has 4 aliphatic heterocycles. The number of para-hydroxylation sites is 1. The maximum atomic E-state index is 2.71. The van der Waals surface area contributed by atoms with Crippen LogP contribution in [-0.2, 0) is 32.5 Å². The fourth-order valence-electron chi connectivity index (χ4n) is 15.8. The lowest BCUT2D eigenvalue weighted by Crippen LogP contribution is -2.63. The van der Waals surface area contributed by atoms with Crippen LogP contribution in [0.4, 0.5) is 34.1 Å². The van der Waals surface area contributed by atoms with Gasteiger partial charge in [0, 0.05) is 75.6 Å². The van der Waals surface area contributed by atoms with Crippen molar-refractivity contribution in [1.29, 1.82) is 0 Å². The quantitative estimate of drug-likeness (QED) is 0.159. The molecule has 16 rings (SSSR count). The monoisotopic (exact) mass is 1300 g/mol. The van der Waals surface area contributed by atoms with E-state index in [0.29, 0.717) is 0 Å². The molecule has 97 heavy (non-hydrogen) atoms. The van der Waals surface area contributed by atoms with Crippen LogP contribution in [0.3, 0.4) is 0 Å². The Morgan fingerprint density at radius 1 is 0.278 bits per heavy atom. The molecule has 4 aliphatic rings. The van der Waals surface area contributed by atoms with Crippen molar-refractivity contribution in [2.45, 2.75) is 177 Å². The molecule has 5 heterocycles. The van der Waals surface area contributed by atoms with Crippen molar-refractivity contribution in [2.75, 3.05) is 9.80 Å². The first kappa shape index (κ1) is 63.4. The number of fused-ring (bicyclic) bond motifs is 11. The first-order valence-electron chi connectivity index (χ1n) is 35.1. The van der Waals surface area contributed by atoms with Gasteiger partial charge in [0.15, 0.2) is 0 Å². The zero-order chi connectivity index (χ0) is 67.9. The van der Waals surface area contributed by atoms with Gasteiger partial charge in [-0.15, -0.1) is 0 Å². The molecule has 0 atom stereocenters. The molecule has 0 fully saturated rings. The molecular formula is C90H89B2N3S2. The van der Waals surface area contributed by atoms with Gasteiger partial charge in [0.2, 0.25) is 13.4 Å². The molecule has 0 saturated carbocycles. The minimum Gasteiger partial charge on any atom is -0.311 e. The molecule has 0 saturated heterocycles. The van der Waals surface area contributed by atoms with Crippen LogP contribution in [0.2, 0.25) is 0 Å². The Balaban J connectivity index is 0.975. The predicted octanol–water partition coefficient (Wildman–Crippen LogP) is 21.4. The van der Waals surface area contributed by atoms with E-state index in [1.54, 1.807) is 0 Å². The normalized spacial score (nSPS) is 14.3. The minimum absolute atomic E-state index is 0.00411. The van der Waals surface area contributed by atoms with Gasteiger partial charge < -0.3 is 14.4 Å². The highest BCUT2D eigenvalue weighted by atomic mass is 32.2. The van der Waals surface area contributed by atoms with Gasteiger partial charge in [0.1, 0.15) is 0 Å². The maximum Gasteiger partial charge on any atom is 0.249 e. The molecule has 0 unspecified atom stereocenters. The van der Waals surface area contributed by atoms with Gasteiger partial charge in [-0.1, -0.05) is 293 Å². The molecule has 0 bridgehead atoms. The number of rotatable bonds is 5. The van der Waals surface area contributed by atoms with Crippen LogP contribution < -0.4 is 42.6 Å². The second-order valence-corrected chi connectivity index (χ2v) is 36.4.